The standard InChI is InChI=1S/C23H33N3O6S/c1-15-12-16(2)21(17(3)13-15)33(30,31)26-11-7-10-19(26)22(28)32-14-20(27)25-23(29)24-18-8-5-4-6-9-18/h12-13,18-19H,4-11,14H2,1-3H3,(H2,24,25,27,29). The highest BCUT2D eigenvalue weighted by molar-refractivity contribution is 7.89. The number of esters is 1. The van der Waals surface area contributed by atoms with Crippen LogP contribution in [0, 0.1) is 20.8 Å². The summed E-state index contributed by atoms with van der Waals surface area (Å²) in [4.78, 5) is 36.9. The number of carbonyl (C=O) groups excluding carboxylic acids is 3. The van der Waals surface area contributed by atoms with Crippen molar-refractivity contribution in [2.24, 2.45) is 0 Å². The van der Waals surface area contributed by atoms with Crippen LogP contribution < -0.4 is 10.6 Å². The van der Waals surface area contributed by atoms with E-state index in [9.17, 15) is 22.8 Å². The van der Waals surface area contributed by atoms with E-state index in [0.29, 0.717) is 24.0 Å². The number of hydrogen-bond acceptors (Lipinski definition) is 6. The van der Waals surface area contributed by atoms with Gasteiger partial charge in [0.1, 0.15) is 6.04 Å². The molecule has 1 heterocycles. The zero-order chi connectivity index (χ0) is 24.2. The van der Waals surface area contributed by atoms with Crippen molar-refractivity contribution in [2.45, 2.75) is 82.7 Å². The highest BCUT2D eigenvalue weighted by Gasteiger charge is 2.41. The minimum absolute atomic E-state index is 0.0417. The molecule has 0 spiro atoms. The molecule has 3 amide bonds. The van der Waals surface area contributed by atoms with E-state index in [1.165, 1.54) is 0 Å². The van der Waals surface area contributed by atoms with Gasteiger partial charge in [-0.25, -0.2) is 13.2 Å². The van der Waals surface area contributed by atoms with Crippen LogP contribution in [0.5, 0.6) is 0 Å². The predicted molar refractivity (Wildman–Crippen MR) is 122 cm³/mol. The molecule has 3 rings (SSSR count). The van der Waals surface area contributed by atoms with E-state index in [0.717, 1.165) is 42.0 Å². The largest absolute Gasteiger partial charge is 0.454 e. The molecule has 10 heteroatoms. The van der Waals surface area contributed by atoms with Crippen molar-refractivity contribution in [3.63, 3.8) is 0 Å². The van der Waals surface area contributed by atoms with Gasteiger partial charge in [0, 0.05) is 12.6 Å². The van der Waals surface area contributed by atoms with E-state index in [1.807, 2.05) is 6.92 Å². The lowest BCUT2D eigenvalue weighted by atomic mass is 9.96. The van der Waals surface area contributed by atoms with E-state index < -0.39 is 40.6 Å². The van der Waals surface area contributed by atoms with Crippen molar-refractivity contribution in [1.29, 1.82) is 0 Å². The molecule has 2 aliphatic rings. The summed E-state index contributed by atoms with van der Waals surface area (Å²) < 4.78 is 33.0. The molecule has 1 saturated carbocycles. The first-order chi connectivity index (χ1) is 15.6. The van der Waals surface area contributed by atoms with Crippen molar-refractivity contribution < 1.29 is 27.5 Å². The number of nitrogens with zero attached hydrogens (tertiary/aromatic N) is 1. The number of nitrogens with one attached hydrogen (secondary N) is 2. The van der Waals surface area contributed by atoms with E-state index in [-0.39, 0.29) is 17.5 Å². The Kier molecular flexibility index (Phi) is 8.12. The molecule has 182 valence electrons. The van der Waals surface area contributed by atoms with Crippen LogP contribution in [0.3, 0.4) is 0 Å². The molecular weight excluding hydrogens is 446 g/mol. The molecule has 0 radical (unpaired) electrons. The summed E-state index contributed by atoms with van der Waals surface area (Å²) in [7, 11) is -3.92. The second-order valence-electron chi connectivity index (χ2n) is 8.97. The molecule has 33 heavy (non-hydrogen) atoms. The van der Waals surface area contributed by atoms with Gasteiger partial charge >= 0.3 is 12.0 Å². The monoisotopic (exact) mass is 479 g/mol. The summed E-state index contributed by atoms with van der Waals surface area (Å²) in [5.41, 5.74) is 2.20. The van der Waals surface area contributed by atoms with E-state index >= 15 is 0 Å². The molecule has 0 aromatic heterocycles. The highest BCUT2D eigenvalue weighted by Crippen LogP contribution is 2.31. The third-order valence-electron chi connectivity index (χ3n) is 6.19. The summed E-state index contributed by atoms with van der Waals surface area (Å²) in [6.07, 6.45) is 5.80. The molecule has 0 bridgehead atoms. The van der Waals surface area contributed by atoms with Gasteiger partial charge in [0.25, 0.3) is 5.91 Å². The first-order valence-electron chi connectivity index (χ1n) is 11.5. The summed E-state index contributed by atoms with van der Waals surface area (Å²) in [6, 6.07) is 2.02. The first-order valence-corrected chi connectivity index (χ1v) is 12.9. The molecule has 1 aromatic rings. The molecule has 2 N–H and O–H groups in total. The minimum Gasteiger partial charge on any atom is -0.454 e. The smallest absolute Gasteiger partial charge is 0.324 e. The molecule has 1 unspecified atom stereocenters. The van der Waals surface area contributed by atoms with Gasteiger partial charge in [-0.3, -0.25) is 14.9 Å². The fraction of sp³-hybridized carbons (Fsp3) is 0.609. The van der Waals surface area contributed by atoms with Crippen molar-refractivity contribution in [3.8, 4) is 0 Å². The number of imide groups is 1. The van der Waals surface area contributed by atoms with Gasteiger partial charge in [-0.1, -0.05) is 37.0 Å². The van der Waals surface area contributed by atoms with E-state index in [1.54, 1.807) is 26.0 Å². The lowest BCUT2D eigenvalue weighted by molar-refractivity contribution is -0.151. The fourth-order valence-electron chi connectivity index (χ4n) is 4.82. The molecule has 9 nitrogen and oxygen atoms in total. The van der Waals surface area contributed by atoms with Crippen LogP contribution in [0.25, 0.3) is 0 Å². The number of carbonyl (C=O) groups is 3. The highest BCUT2D eigenvalue weighted by atomic mass is 32.2. The Morgan fingerprint density at radius 3 is 2.27 bits per heavy atom. The molecular formula is C23H33N3O6S. The molecule has 2 fully saturated rings. The Morgan fingerprint density at radius 1 is 1.00 bits per heavy atom. The third-order valence-corrected chi connectivity index (χ3v) is 8.40. The number of hydrogen-bond donors (Lipinski definition) is 2. The van der Waals surface area contributed by atoms with Crippen LogP contribution in [0.2, 0.25) is 0 Å². The molecule has 1 aromatic carbocycles. The summed E-state index contributed by atoms with van der Waals surface area (Å²) in [5, 5.41) is 4.92. The second kappa shape index (κ2) is 10.6. The average Bonchev–Trinajstić information content (AvgIpc) is 3.22. The van der Waals surface area contributed by atoms with Crippen LogP contribution in [-0.4, -0.2) is 55.9 Å². The predicted octanol–water partition coefficient (Wildman–Crippen LogP) is 2.47. The average molecular weight is 480 g/mol. The summed E-state index contributed by atoms with van der Waals surface area (Å²) in [6.45, 7) is 4.92. The van der Waals surface area contributed by atoms with Crippen LogP contribution in [0.1, 0.15) is 61.6 Å². The SMILES string of the molecule is Cc1cc(C)c(S(=O)(=O)N2CCCC2C(=O)OCC(=O)NC(=O)NC2CCCCC2)c(C)c1. The van der Waals surface area contributed by atoms with Gasteiger partial charge in [0.05, 0.1) is 4.90 Å². The molecule has 1 atom stereocenters. The lowest BCUT2D eigenvalue weighted by Gasteiger charge is -2.25. The van der Waals surface area contributed by atoms with E-state index in [4.69, 9.17) is 4.74 Å². The van der Waals surface area contributed by atoms with Crippen molar-refractivity contribution in [3.05, 3.63) is 28.8 Å². The number of ether oxygens (including phenoxy) is 1. The topological polar surface area (TPSA) is 122 Å². The summed E-state index contributed by atoms with van der Waals surface area (Å²) in [5.74, 6) is -1.55. The van der Waals surface area contributed by atoms with Crippen molar-refractivity contribution in [1.82, 2.24) is 14.9 Å². The van der Waals surface area contributed by atoms with Gasteiger partial charge in [-0.05, 0) is 57.6 Å². The molecule has 1 saturated heterocycles. The molecule has 1 aliphatic carbocycles. The van der Waals surface area contributed by atoms with Crippen LogP contribution in [0.15, 0.2) is 17.0 Å². The number of amides is 3. The number of sulfonamides is 1. The Hall–Kier alpha value is -2.46. The minimum atomic E-state index is -3.92. The van der Waals surface area contributed by atoms with Crippen LogP contribution in [0.4, 0.5) is 4.79 Å². The van der Waals surface area contributed by atoms with Crippen LogP contribution >= 0.6 is 0 Å². The van der Waals surface area contributed by atoms with Gasteiger partial charge in [0.2, 0.25) is 10.0 Å². The lowest BCUT2D eigenvalue weighted by Crippen LogP contribution is -2.47. The zero-order valence-electron chi connectivity index (χ0n) is 19.5. The normalized spacial score (nSPS) is 19.8. The number of rotatable bonds is 6. The maximum atomic E-state index is 13.4. The molecule has 1 aliphatic heterocycles. The Bertz CT molecular complexity index is 994. The maximum absolute atomic E-state index is 13.4. The quantitative estimate of drug-likeness (QED) is 0.605. The Balaban J connectivity index is 1.58. The van der Waals surface area contributed by atoms with Crippen LogP contribution in [-0.2, 0) is 24.3 Å². The number of urea groups is 1. The third kappa shape index (κ3) is 6.11. The van der Waals surface area contributed by atoms with Gasteiger partial charge in [-0.2, -0.15) is 4.31 Å². The van der Waals surface area contributed by atoms with Gasteiger partial charge in [0.15, 0.2) is 6.61 Å². The number of benzene rings is 1. The second-order valence-corrected chi connectivity index (χ2v) is 10.8. The summed E-state index contributed by atoms with van der Waals surface area (Å²) >= 11 is 0. The maximum Gasteiger partial charge on any atom is 0.324 e. The number of aryl methyl sites for hydroxylation is 3. The van der Waals surface area contributed by atoms with Gasteiger partial charge < -0.3 is 10.1 Å². The Labute approximate surface area is 195 Å². The Morgan fingerprint density at radius 2 is 1.64 bits per heavy atom. The van der Waals surface area contributed by atoms with Gasteiger partial charge in [-0.15, -0.1) is 0 Å². The van der Waals surface area contributed by atoms with Crippen molar-refractivity contribution >= 4 is 27.9 Å². The van der Waals surface area contributed by atoms with E-state index in [2.05, 4.69) is 10.6 Å². The zero-order valence-corrected chi connectivity index (χ0v) is 20.3. The fourth-order valence-corrected chi connectivity index (χ4v) is 6.88. The van der Waals surface area contributed by atoms with Crippen molar-refractivity contribution in [2.75, 3.05) is 13.2 Å². The first kappa shape index (κ1) is 25.2.